The average Bonchev–Trinajstić information content (AvgIpc) is 2.94. The molecule has 2 aromatic rings. The molecule has 1 fully saturated rings. The number of hydrogen-bond acceptors (Lipinski definition) is 4. The Morgan fingerprint density at radius 1 is 1.07 bits per heavy atom. The van der Waals surface area contributed by atoms with Crippen molar-refractivity contribution in [1.29, 1.82) is 0 Å². The topological polar surface area (TPSA) is 49.3 Å². The van der Waals surface area contributed by atoms with Crippen LogP contribution in [0.3, 0.4) is 0 Å². The number of hydrogen-bond donors (Lipinski definition) is 0. The summed E-state index contributed by atoms with van der Waals surface area (Å²) in [5.74, 6) is 2.44. The molecule has 0 spiro atoms. The maximum Gasteiger partial charge on any atom is 0.222 e. The van der Waals surface area contributed by atoms with Gasteiger partial charge in [0.25, 0.3) is 0 Å². The van der Waals surface area contributed by atoms with Crippen LogP contribution in [0.25, 0.3) is 11.4 Å². The molecule has 0 radical (unpaired) electrons. The molecule has 0 bridgehead atoms. The van der Waals surface area contributed by atoms with Crippen LogP contribution >= 0.6 is 0 Å². The Hall–Kier alpha value is -2.43. The highest BCUT2D eigenvalue weighted by molar-refractivity contribution is 5.76. The first-order chi connectivity index (χ1) is 13.5. The fraction of sp³-hybridized carbons (Fsp3) is 0.522. The highest BCUT2D eigenvalue weighted by Gasteiger charge is 2.24. The molecular formula is C23H32N4O. The van der Waals surface area contributed by atoms with E-state index in [1.807, 2.05) is 23.1 Å². The van der Waals surface area contributed by atoms with Crippen LogP contribution in [0.15, 0.2) is 30.3 Å². The molecule has 0 N–H and O–H groups in total. The number of aryl methyl sites for hydroxylation is 1. The molecule has 28 heavy (non-hydrogen) atoms. The predicted molar refractivity (Wildman–Crippen MR) is 115 cm³/mol. The lowest BCUT2D eigenvalue weighted by Gasteiger charge is -2.27. The second-order valence-electron chi connectivity index (χ2n) is 7.86. The number of amides is 1. The van der Waals surface area contributed by atoms with E-state index in [1.165, 1.54) is 5.56 Å². The molecule has 1 aromatic heterocycles. The van der Waals surface area contributed by atoms with E-state index in [0.717, 1.165) is 61.9 Å². The van der Waals surface area contributed by atoms with Crippen molar-refractivity contribution in [2.45, 2.75) is 52.9 Å². The Morgan fingerprint density at radius 3 is 2.50 bits per heavy atom. The Bertz CT molecular complexity index is 804. The zero-order chi connectivity index (χ0) is 20.1. The van der Waals surface area contributed by atoms with E-state index in [0.29, 0.717) is 12.3 Å². The quantitative estimate of drug-likeness (QED) is 0.771. The lowest BCUT2D eigenvalue weighted by atomic mass is 10.0. The molecule has 1 saturated heterocycles. The van der Waals surface area contributed by atoms with E-state index in [-0.39, 0.29) is 5.91 Å². The Labute approximate surface area is 168 Å². The van der Waals surface area contributed by atoms with Crippen molar-refractivity contribution in [1.82, 2.24) is 14.9 Å². The zero-order valence-corrected chi connectivity index (χ0v) is 17.6. The number of carbonyl (C=O) groups excluding carboxylic acids is 1. The van der Waals surface area contributed by atoms with Crippen LogP contribution in [0.2, 0.25) is 0 Å². The van der Waals surface area contributed by atoms with Gasteiger partial charge in [0.2, 0.25) is 5.91 Å². The largest absolute Gasteiger partial charge is 0.354 e. The summed E-state index contributed by atoms with van der Waals surface area (Å²) in [5.41, 5.74) is 3.30. The molecule has 1 aliphatic rings. The van der Waals surface area contributed by atoms with Crippen LogP contribution in [0.4, 0.5) is 5.82 Å². The van der Waals surface area contributed by atoms with Gasteiger partial charge in [-0.1, -0.05) is 51.1 Å². The van der Waals surface area contributed by atoms with E-state index in [4.69, 9.17) is 9.97 Å². The minimum Gasteiger partial charge on any atom is -0.354 e. The van der Waals surface area contributed by atoms with Gasteiger partial charge >= 0.3 is 0 Å². The first-order valence-corrected chi connectivity index (χ1v) is 10.5. The second kappa shape index (κ2) is 9.18. The van der Waals surface area contributed by atoms with Crippen molar-refractivity contribution in [3.8, 4) is 11.4 Å². The third-order valence-corrected chi connectivity index (χ3v) is 5.34. The van der Waals surface area contributed by atoms with E-state index < -0.39 is 0 Å². The number of nitrogens with zero attached hydrogens (tertiary/aromatic N) is 4. The van der Waals surface area contributed by atoms with Gasteiger partial charge in [0.1, 0.15) is 5.82 Å². The summed E-state index contributed by atoms with van der Waals surface area (Å²) in [4.78, 5) is 26.5. The Morgan fingerprint density at radius 2 is 1.82 bits per heavy atom. The van der Waals surface area contributed by atoms with Gasteiger partial charge in [-0.2, -0.15) is 0 Å². The van der Waals surface area contributed by atoms with Gasteiger partial charge in [-0.05, 0) is 25.7 Å². The summed E-state index contributed by atoms with van der Waals surface area (Å²) in [6, 6.07) is 10.2. The monoisotopic (exact) mass is 380 g/mol. The molecule has 5 heteroatoms. The van der Waals surface area contributed by atoms with Gasteiger partial charge < -0.3 is 9.80 Å². The number of anilines is 1. The summed E-state index contributed by atoms with van der Waals surface area (Å²) in [6.45, 7) is 11.9. The molecule has 1 aromatic carbocycles. The molecule has 150 valence electrons. The summed E-state index contributed by atoms with van der Waals surface area (Å²) in [7, 11) is 0. The van der Waals surface area contributed by atoms with Crippen molar-refractivity contribution >= 4 is 11.7 Å². The van der Waals surface area contributed by atoms with E-state index in [9.17, 15) is 4.79 Å². The maximum atomic E-state index is 12.3. The summed E-state index contributed by atoms with van der Waals surface area (Å²) in [6.07, 6.45) is 2.51. The van der Waals surface area contributed by atoms with Crippen molar-refractivity contribution in [2.24, 2.45) is 0 Å². The number of aromatic nitrogens is 2. The van der Waals surface area contributed by atoms with Crippen molar-refractivity contribution in [3.05, 3.63) is 41.6 Å². The third kappa shape index (κ3) is 4.51. The second-order valence-corrected chi connectivity index (χ2v) is 7.86. The smallest absolute Gasteiger partial charge is 0.222 e. The van der Waals surface area contributed by atoms with Crippen LogP contribution in [0.5, 0.6) is 0 Å². The molecule has 0 unspecified atom stereocenters. The zero-order valence-electron chi connectivity index (χ0n) is 17.6. The minimum absolute atomic E-state index is 0.275. The van der Waals surface area contributed by atoms with Gasteiger partial charge in [-0.3, -0.25) is 4.79 Å². The lowest BCUT2D eigenvalue weighted by Crippen LogP contribution is -2.35. The summed E-state index contributed by atoms with van der Waals surface area (Å²) < 4.78 is 0. The minimum atomic E-state index is 0.275. The molecule has 1 amide bonds. The molecule has 1 aliphatic heterocycles. The molecule has 2 heterocycles. The number of rotatable bonds is 5. The number of carbonyl (C=O) groups is 1. The van der Waals surface area contributed by atoms with Crippen molar-refractivity contribution in [3.63, 3.8) is 0 Å². The third-order valence-electron chi connectivity index (χ3n) is 5.34. The van der Waals surface area contributed by atoms with Crippen molar-refractivity contribution < 1.29 is 4.79 Å². The standard InChI is InChI=1S/C23H32N4O/c1-5-10-20(28)26-13-9-14-27(16-15-26)23-21(17(2)3)18(4)24-22(25-23)19-11-7-6-8-12-19/h6-8,11-12,17H,5,9-10,13-16H2,1-4H3. The molecule has 0 saturated carbocycles. The summed E-state index contributed by atoms with van der Waals surface area (Å²) >= 11 is 0. The molecule has 5 nitrogen and oxygen atoms in total. The van der Waals surface area contributed by atoms with Gasteiger partial charge in [0.05, 0.1) is 0 Å². The van der Waals surface area contributed by atoms with Crippen LogP contribution < -0.4 is 4.90 Å². The molecule has 0 atom stereocenters. The van der Waals surface area contributed by atoms with E-state index in [1.54, 1.807) is 0 Å². The van der Waals surface area contributed by atoms with Crippen LogP contribution in [0.1, 0.15) is 57.2 Å². The lowest BCUT2D eigenvalue weighted by molar-refractivity contribution is -0.131. The first-order valence-electron chi connectivity index (χ1n) is 10.5. The van der Waals surface area contributed by atoms with Crippen LogP contribution in [-0.2, 0) is 4.79 Å². The highest BCUT2D eigenvalue weighted by Crippen LogP contribution is 2.31. The van der Waals surface area contributed by atoms with Crippen molar-refractivity contribution in [2.75, 3.05) is 31.1 Å². The van der Waals surface area contributed by atoms with E-state index >= 15 is 0 Å². The predicted octanol–water partition coefficient (Wildman–Crippen LogP) is 4.41. The SMILES string of the molecule is CCCC(=O)N1CCCN(c2nc(-c3ccccc3)nc(C)c2C(C)C)CC1. The maximum absolute atomic E-state index is 12.3. The summed E-state index contributed by atoms with van der Waals surface area (Å²) in [5, 5.41) is 0. The normalized spacial score (nSPS) is 15.0. The van der Waals surface area contributed by atoms with Gasteiger partial charge in [-0.25, -0.2) is 9.97 Å². The number of benzene rings is 1. The highest BCUT2D eigenvalue weighted by atomic mass is 16.2. The van der Waals surface area contributed by atoms with E-state index in [2.05, 4.69) is 44.7 Å². The molecule has 0 aliphatic carbocycles. The van der Waals surface area contributed by atoms with Gasteiger partial charge in [-0.15, -0.1) is 0 Å². The molecular weight excluding hydrogens is 348 g/mol. The fourth-order valence-corrected chi connectivity index (χ4v) is 3.95. The fourth-order valence-electron chi connectivity index (χ4n) is 3.95. The van der Waals surface area contributed by atoms with Crippen LogP contribution in [0, 0.1) is 6.92 Å². The average molecular weight is 381 g/mol. The Balaban J connectivity index is 1.93. The van der Waals surface area contributed by atoms with Gasteiger partial charge in [0, 0.05) is 49.4 Å². The Kier molecular flexibility index (Phi) is 6.65. The van der Waals surface area contributed by atoms with Crippen LogP contribution in [-0.4, -0.2) is 47.0 Å². The molecule has 3 rings (SSSR count). The first kappa shape index (κ1) is 20.3. The van der Waals surface area contributed by atoms with Gasteiger partial charge in [0.15, 0.2) is 5.82 Å².